The van der Waals surface area contributed by atoms with Crippen LogP contribution in [0.2, 0.25) is 0 Å². The molecule has 3 aromatic rings. The Hall–Kier alpha value is -2.18. The van der Waals surface area contributed by atoms with Crippen molar-refractivity contribution in [1.29, 1.82) is 0 Å². The van der Waals surface area contributed by atoms with Crippen LogP contribution < -0.4 is 4.72 Å². The second-order valence-electron chi connectivity index (χ2n) is 4.96. The molecule has 22 heavy (non-hydrogen) atoms. The molecular formula is C16H15FN2O2S. The highest BCUT2D eigenvalue weighted by Gasteiger charge is 2.14. The summed E-state index contributed by atoms with van der Waals surface area (Å²) in [7, 11) is -3.69. The molecule has 1 aromatic heterocycles. The Bertz CT molecular complexity index is 903. The first-order valence-corrected chi connectivity index (χ1v) is 8.35. The van der Waals surface area contributed by atoms with Gasteiger partial charge in [-0.05, 0) is 36.2 Å². The summed E-state index contributed by atoms with van der Waals surface area (Å²) in [4.78, 5) is 3.08. The minimum absolute atomic E-state index is 0.0635. The molecule has 114 valence electrons. The van der Waals surface area contributed by atoms with E-state index in [0.29, 0.717) is 6.42 Å². The Morgan fingerprint density at radius 2 is 1.91 bits per heavy atom. The van der Waals surface area contributed by atoms with E-state index in [9.17, 15) is 12.8 Å². The zero-order valence-corrected chi connectivity index (χ0v) is 12.5. The van der Waals surface area contributed by atoms with Crippen molar-refractivity contribution >= 4 is 20.9 Å². The number of H-pyrrole nitrogens is 1. The molecule has 0 radical (unpaired) electrons. The Morgan fingerprint density at radius 1 is 1.09 bits per heavy atom. The highest BCUT2D eigenvalue weighted by atomic mass is 32.2. The van der Waals surface area contributed by atoms with Gasteiger partial charge in [0.1, 0.15) is 5.82 Å². The molecule has 3 rings (SSSR count). The second-order valence-corrected chi connectivity index (χ2v) is 6.73. The molecule has 0 atom stereocenters. The van der Waals surface area contributed by atoms with Crippen LogP contribution in [0.15, 0.2) is 59.6 Å². The van der Waals surface area contributed by atoms with Crippen LogP contribution in [-0.2, 0) is 16.4 Å². The van der Waals surface area contributed by atoms with E-state index in [1.54, 1.807) is 0 Å². The van der Waals surface area contributed by atoms with Gasteiger partial charge in [-0.3, -0.25) is 0 Å². The maximum atomic E-state index is 13.1. The summed E-state index contributed by atoms with van der Waals surface area (Å²) in [6, 6.07) is 12.8. The lowest BCUT2D eigenvalue weighted by atomic mass is 10.1. The van der Waals surface area contributed by atoms with Gasteiger partial charge >= 0.3 is 0 Å². The molecular weight excluding hydrogens is 303 g/mol. The number of fused-ring (bicyclic) bond motifs is 1. The molecule has 0 fully saturated rings. The van der Waals surface area contributed by atoms with Crippen LogP contribution in [0.1, 0.15) is 5.56 Å². The van der Waals surface area contributed by atoms with E-state index in [0.717, 1.165) is 22.5 Å². The van der Waals surface area contributed by atoms with E-state index in [-0.39, 0.29) is 11.4 Å². The number of benzene rings is 2. The number of aromatic nitrogens is 1. The summed E-state index contributed by atoms with van der Waals surface area (Å²) >= 11 is 0. The van der Waals surface area contributed by atoms with Crippen LogP contribution in [0.25, 0.3) is 10.9 Å². The second kappa shape index (κ2) is 5.90. The van der Waals surface area contributed by atoms with Crippen LogP contribution in [0.4, 0.5) is 4.39 Å². The van der Waals surface area contributed by atoms with Gasteiger partial charge in [0.2, 0.25) is 10.0 Å². The van der Waals surface area contributed by atoms with Gasteiger partial charge in [-0.2, -0.15) is 0 Å². The van der Waals surface area contributed by atoms with Crippen molar-refractivity contribution in [3.05, 3.63) is 66.1 Å². The Morgan fingerprint density at radius 3 is 2.73 bits per heavy atom. The molecule has 0 saturated carbocycles. The van der Waals surface area contributed by atoms with Gasteiger partial charge in [0.15, 0.2) is 0 Å². The molecule has 1 heterocycles. The van der Waals surface area contributed by atoms with Gasteiger partial charge in [0.25, 0.3) is 0 Å². The van der Waals surface area contributed by atoms with Crippen molar-refractivity contribution in [2.45, 2.75) is 11.3 Å². The standard InChI is InChI=1S/C16H15FN2O2S/c17-13-4-3-5-14(10-13)22(20,21)19-9-8-12-11-18-16-7-2-1-6-15(12)16/h1-7,10-11,18-19H,8-9H2. The molecule has 0 amide bonds. The molecule has 6 heteroatoms. The first-order valence-electron chi connectivity index (χ1n) is 6.86. The fourth-order valence-electron chi connectivity index (χ4n) is 2.38. The van der Waals surface area contributed by atoms with Gasteiger partial charge in [0, 0.05) is 23.6 Å². The monoisotopic (exact) mass is 318 g/mol. The van der Waals surface area contributed by atoms with Crippen LogP contribution >= 0.6 is 0 Å². The van der Waals surface area contributed by atoms with E-state index in [2.05, 4.69) is 9.71 Å². The average Bonchev–Trinajstić information content (AvgIpc) is 2.91. The number of hydrogen-bond donors (Lipinski definition) is 2. The Kier molecular flexibility index (Phi) is 3.96. The third kappa shape index (κ3) is 3.03. The summed E-state index contributed by atoms with van der Waals surface area (Å²) in [6.45, 7) is 0.251. The molecule has 2 aromatic carbocycles. The van der Waals surface area contributed by atoms with E-state index >= 15 is 0 Å². The predicted molar refractivity (Wildman–Crippen MR) is 83.6 cm³/mol. The van der Waals surface area contributed by atoms with Gasteiger partial charge in [-0.15, -0.1) is 0 Å². The number of para-hydroxylation sites is 1. The smallest absolute Gasteiger partial charge is 0.240 e. The highest BCUT2D eigenvalue weighted by molar-refractivity contribution is 7.89. The molecule has 2 N–H and O–H groups in total. The first-order chi connectivity index (χ1) is 10.6. The summed E-state index contributed by atoms with van der Waals surface area (Å²) in [6.07, 6.45) is 2.43. The minimum atomic E-state index is -3.69. The van der Waals surface area contributed by atoms with Gasteiger partial charge < -0.3 is 4.98 Å². The fraction of sp³-hybridized carbons (Fsp3) is 0.125. The fourth-order valence-corrected chi connectivity index (χ4v) is 3.44. The van der Waals surface area contributed by atoms with Crippen molar-refractivity contribution < 1.29 is 12.8 Å². The molecule has 0 unspecified atom stereocenters. The van der Waals surface area contributed by atoms with Crippen LogP contribution in [0, 0.1) is 5.82 Å². The number of sulfonamides is 1. The maximum Gasteiger partial charge on any atom is 0.240 e. The quantitative estimate of drug-likeness (QED) is 0.760. The number of nitrogens with one attached hydrogen (secondary N) is 2. The lowest BCUT2D eigenvalue weighted by Gasteiger charge is -2.06. The van der Waals surface area contributed by atoms with Crippen LogP contribution in [-0.4, -0.2) is 19.9 Å². The molecule has 0 aliphatic carbocycles. The minimum Gasteiger partial charge on any atom is -0.361 e. The molecule has 0 bridgehead atoms. The van der Waals surface area contributed by atoms with Crippen LogP contribution in [0.5, 0.6) is 0 Å². The number of aromatic amines is 1. The van der Waals surface area contributed by atoms with Crippen molar-refractivity contribution in [3.63, 3.8) is 0 Å². The van der Waals surface area contributed by atoms with E-state index in [1.807, 2.05) is 30.5 Å². The average molecular weight is 318 g/mol. The van der Waals surface area contributed by atoms with Crippen molar-refractivity contribution in [2.24, 2.45) is 0 Å². The number of hydrogen-bond acceptors (Lipinski definition) is 2. The summed E-state index contributed by atoms with van der Waals surface area (Å²) < 4.78 is 39.8. The largest absolute Gasteiger partial charge is 0.361 e. The highest BCUT2D eigenvalue weighted by Crippen LogP contribution is 2.18. The van der Waals surface area contributed by atoms with Crippen molar-refractivity contribution in [3.8, 4) is 0 Å². The molecule has 0 aliphatic heterocycles. The normalized spacial score (nSPS) is 11.9. The summed E-state index contributed by atoms with van der Waals surface area (Å²) in [5.41, 5.74) is 2.06. The summed E-state index contributed by atoms with van der Waals surface area (Å²) in [5, 5.41) is 1.08. The zero-order chi connectivity index (χ0) is 15.6. The van der Waals surface area contributed by atoms with E-state index in [4.69, 9.17) is 0 Å². The molecule has 0 aliphatic rings. The van der Waals surface area contributed by atoms with E-state index in [1.165, 1.54) is 18.2 Å². The van der Waals surface area contributed by atoms with E-state index < -0.39 is 15.8 Å². The Labute approximate surface area is 128 Å². The SMILES string of the molecule is O=S(=O)(NCCc1c[nH]c2ccccc12)c1cccc(F)c1. The molecule has 0 saturated heterocycles. The van der Waals surface area contributed by atoms with Crippen LogP contribution in [0.3, 0.4) is 0 Å². The lowest BCUT2D eigenvalue weighted by Crippen LogP contribution is -2.26. The zero-order valence-electron chi connectivity index (χ0n) is 11.7. The molecule has 4 nitrogen and oxygen atoms in total. The van der Waals surface area contributed by atoms with Crippen molar-refractivity contribution in [2.75, 3.05) is 6.54 Å². The topological polar surface area (TPSA) is 62.0 Å². The maximum absolute atomic E-state index is 13.1. The predicted octanol–water partition coefficient (Wildman–Crippen LogP) is 2.83. The third-order valence-electron chi connectivity index (χ3n) is 3.47. The van der Waals surface area contributed by atoms with Gasteiger partial charge in [0.05, 0.1) is 4.90 Å². The Balaban J connectivity index is 1.70. The third-order valence-corrected chi connectivity index (χ3v) is 4.93. The molecule has 0 spiro atoms. The first kappa shape index (κ1) is 14.7. The van der Waals surface area contributed by atoms with Crippen molar-refractivity contribution in [1.82, 2.24) is 9.71 Å². The summed E-state index contributed by atoms with van der Waals surface area (Å²) in [5.74, 6) is -0.570. The van der Waals surface area contributed by atoms with Gasteiger partial charge in [-0.1, -0.05) is 24.3 Å². The lowest BCUT2D eigenvalue weighted by molar-refractivity contribution is 0.578. The number of rotatable bonds is 5. The van der Waals surface area contributed by atoms with Gasteiger partial charge in [-0.25, -0.2) is 17.5 Å². The number of halogens is 1.